The summed E-state index contributed by atoms with van der Waals surface area (Å²) in [5.74, 6) is 2.84. The van der Waals surface area contributed by atoms with Gasteiger partial charge in [-0.3, -0.25) is 10.1 Å². The average Bonchev–Trinajstić information content (AvgIpc) is 3.22. The van der Waals surface area contributed by atoms with E-state index < -0.39 is 8.38 Å². The van der Waals surface area contributed by atoms with Gasteiger partial charge in [-0.15, -0.1) is 12.1 Å². The molecule has 9 heteroatoms. The Morgan fingerprint density at radius 3 is 2.03 bits per heavy atom. The van der Waals surface area contributed by atoms with E-state index in [-0.39, 0.29) is 35.5 Å². The number of hydrogen-bond acceptors (Lipinski definition) is 5. The minimum Gasteiger partial charge on any atom is -0.421 e. The number of benzene rings is 2. The molecule has 2 aromatic carbocycles. The van der Waals surface area contributed by atoms with Crippen LogP contribution in [0, 0.1) is 20.4 Å². The molecule has 0 N–H and O–H groups in total. The van der Waals surface area contributed by atoms with Crippen LogP contribution in [0.5, 0.6) is 11.5 Å². The molecule has 1 atom stereocenters. The molecule has 4 rings (SSSR count). The number of hydrogen-bond donors (Lipinski definition) is 0. The molecule has 0 aliphatic carbocycles. The molecule has 4 aromatic rings. The molecule has 0 saturated carbocycles. The van der Waals surface area contributed by atoms with E-state index in [1.54, 1.807) is 13.1 Å². The van der Waals surface area contributed by atoms with Crippen LogP contribution in [0.2, 0.25) is 0 Å². The Bertz CT molecular complexity index is 963. The number of rotatable bonds is 5. The maximum absolute atomic E-state index is 5.68. The summed E-state index contributed by atoms with van der Waals surface area (Å²) in [6.45, 7) is 10.6. The Balaban J connectivity index is 0.000000540. The molecule has 0 aliphatic rings. The first-order valence-corrected chi connectivity index (χ1v) is 15.0. The number of nitrogens with zero attached hydrogens (tertiary/aromatic N) is 4. The predicted molar refractivity (Wildman–Crippen MR) is 143 cm³/mol. The normalized spacial score (nSPS) is 10.2. The van der Waals surface area contributed by atoms with Crippen molar-refractivity contribution < 1.29 is 29.2 Å². The topological polar surface area (TPSA) is 71.2 Å². The molecule has 2 aromatic heterocycles. The molecule has 0 amide bonds. The van der Waals surface area contributed by atoms with E-state index in [2.05, 4.69) is 46.2 Å². The van der Waals surface area contributed by atoms with Gasteiger partial charge in [0.15, 0.2) is 5.75 Å². The Kier molecular flexibility index (Phi) is 17.0. The Morgan fingerprint density at radius 2 is 1.50 bits per heavy atom. The van der Waals surface area contributed by atoms with Crippen LogP contribution >= 0.6 is 16.3 Å². The fourth-order valence-electron chi connectivity index (χ4n) is 2.19. The molecule has 0 spiro atoms. The second-order valence-electron chi connectivity index (χ2n) is 7.13. The zero-order chi connectivity index (χ0) is 23.2. The van der Waals surface area contributed by atoms with E-state index >= 15 is 0 Å². The van der Waals surface area contributed by atoms with Gasteiger partial charge in [0.1, 0.15) is 6.66 Å². The third kappa shape index (κ3) is 13.5. The molecule has 2 heterocycles. The van der Waals surface area contributed by atoms with Gasteiger partial charge in [-0.05, 0) is 44.9 Å². The summed E-state index contributed by atoms with van der Waals surface area (Å²) in [4.78, 5) is 8.19. The molecule has 1 unspecified atom stereocenters. The summed E-state index contributed by atoms with van der Waals surface area (Å²) < 4.78 is 11.3. The minimum atomic E-state index is -1.33. The van der Waals surface area contributed by atoms with Gasteiger partial charge >= 0.3 is 28.5 Å². The second kappa shape index (κ2) is 18.2. The van der Waals surface area contributed by atoms with Crippen LogP contribution in [-0.4, -0.2) is 41.7 Å². The molecular formula is C25H33IrN4O2P2+2. The zero-order valence-electron chi connectivity index (χ0n) is 20.4. The first-order valence-electron chi connectivity index (χ1n) is 10.2. The van der Waals surface area contributed by atoms with Crippen LogP contribution in [0.3, 0.4) is 0 Å². The SMILES string of the molecule is C[PH+](C)C.C[PH+](Oc1[c-]cccc1)Oc1ccccc1.Cc1n[n-]c(-c2ccccn2)n1.[CH3-].[Ir+3]. The number of para-hydroxylation sites is 2. The summed E-state index contributed by atoms with van der Waals surface area (Å²) >= 11 is 0. The van der Waals surface area contributed by atoms with Gasteiger partial charge in [0.05, 0.1) is 11.4 Å². The third-order valence-electron chi connectivity index (χ3n) is 3.39. The fraction of sp³-hybridized carbons (Fsp3) is 0.200. The molecule has 6 nitrogen and oxygen atoms in total. The molecule has 0 radical (unpaired) electrons. The van der Waals surface area contributed by atoms with Crippen molar-refractivity contribution in [3.8, 4) is 23.0 Å². The van der Waals surface area contributed by atoms with E-state index in [1.165, 1.54) is 0 Å². The molecule has 182 valence electrons. The van der Waals surface area contributed by atoms with Crippen molar-refractivity contribution in [2.24, 2.45) is 0 Å². The summed E-state index contributed by atoms with van der Waals surface area (Å²) in [6, 6.07) is 25.8. The van der Waals surface area contributed by atoms with Crippen molar-refractivity contribution in [2.75, 3.05) is 26.7 Å². The van der Waals surface area contributed by atoms with Gasteiger partial charge in [0, 0.05) is 32.0 Å². The minimum absolute atomic E-state index is 0. The molecular weight excluding hydrogens is 642 g/mol. The van der Waals surface area contributed by atoms with Crippen LogP contribution in [-0.2, 0) is 20.1 Å². The quantitative estimate of drug-likeness (QED) is 0.192. The van der Waals surface area contributed by atoms with E-state index in [9.17, 15) is 0 Å². The van der Waals surface area contributed by atoms with Crippen molar-refractivity contribution in [1.29, 1.82) is 0 Å². The summed E-state index contributed by atoms with van der Waals surface area (Å²) in [6.07, 6.45) is 1.71. The predicted octanol–water partition coefficient (Wildman–Crippen LogP) is 5.96. The largest absolute Gasteiger partial charge is 3.00 e. The third-order valence-corrected chi connectivity index (χ3v) is 4.42. The van der Waals surface area contributed by atoms with Gasteiger partial charge < -0.3 is 26.6 Å². The van der Waals surface area contributed by atoms with Gasteiger partial charge in [-0.25, -0.2) is 0 Å². The molecule has 0 aliphatic heterocycles. The molecule has 34 heavy (non-hydrogen) atoms. The number of aromatic nitrogens is 4. The van der Waals surface area contributed by atoms with Gasteiger partial charge in [-0.2, -0.15) is 18.2 Å². The number of aryl methyl sites for hydroxylation is 1. The first-order chi connectivity index (χ1) is 15.4. The zero-order valence-corrected chi connectivity index (χ0v) is 24.8. The monoisotopic (exact) mass is 676 g/mol. The molecule has 0 saturated heterocycles. The van der Waals surface area contributed by atoms with Crippen LogP contribution < -0.4 is 14.1 Å². The Labute approximate surface area is 220 Å². The van der Waals surface area contributed by atoms with Crippen LogP contribution in [0.25, 0.3) is 11.5 Å². The van der Waals surface area contributed by atoms with Gasteiger partial charge in [0.25, 0.3) is 0 Å². The van der Waals surface area contributed by atoms with E-state index in [0.29, 0.717) is 11.6 Å². The molecule has 0 bridgehead atoms. The van der Waals surface area contributed by atoms with Crippen molar-refractivity contribution in [2.45, 2.75) is 6.92 Å². The maximum Gasteiger partial charge on any atom is 3.00 e. The smallest absolute Gasteiger partial charge is 0.421 e. The number of pyridine rings is 1. The van der Waals surface area contributed by atoms with Crippen LogP contribution in [0.15, 0.2) is 79.0 Å². The van der Waals surface area contributed by atoms with E-state index in [1.807, 2.05) is 79.5 Å². The summed E-state index contributed by atoms with van der Waals surface area (Å²) in [5.41, 5.74) is 0.762. The standard InChI is InChI=1S/C13H12O2P.C8H7N4.C3H9P.CH3.Ir/c1-16(14-12-8-4-2-5-9-12)15-13-10-6-3-7-11-13;1-6-10-8(12-11-6)7-4-2-3-5-9-7;1-4(2)3;;/h2-10H,1H3;2-5H,1H3;1-3H3;1H3;/q2*-1;;-1;+3/p+2. The second-order valence-corrected chi connectivity index (χ2v) is 11.5. The first kappa shape index (κ1) is 31.8. The van der Waals surface area contributed by atoms with Crippen LogP contribution in [0.4, 0.5) is 0 Å². The van der Waals surface area contributed by atoms with E-state index in [4.69, 9.17) is 9.05 Å². The van der Waals surface area contributed by atoms with Gasteiger partial charge in [-0.1, -0.05) is 24.3 Å². The van der Waals surface area contributed by atoms with Crippen molar-refractivity contribution in [3.05, 3.63) is 98.3 Å². The fourth-order valence-corrected chi connectivity index (χ4v) is 3.14. The van der Waals surface area contributed by atoms with Gasteiger partial charge in [0.2, 0.25) is 0 Å². The Morgan fingerprint density at radius 1 is 0.853 bits per heavy atom. The summed E-state index contributed by atoms with van der Waals surface area (Å²) in [5, 5.41) is 7.65. The maximum atomic E-state index is 5.68. The summed E-state index contributed by atoms with van der Waals surface area (Å²) in [7, 11) is -1.21. The molecule has 0 fully saturated rings. The van der Waals surface area contributed by atoms with Crippen LogP contribution in [0.1, 0.15) is 5.82 Å². The van der Waals surface area contributed by atoms with Crippen molar-refractivity contribution in [3.63, 3.8) is 0 Å². The van der Waals surface area contributed by atoms with Crippen molar-refractivity contribution in [1.82, 2.24) is 20.2 Å². The average molecular weight is 676 g/mol. The van der Waals surface area contributed by atoms with E-state index in [0.717, 1.165) is 17.2 Å². The van der Waals surface area contributed by atoms with Crippen molar-refractivity contribution >= 4 is 16.3 Å². The Hall–Kier alpha value is -2.16.